The topological polar surface area (TPSA) is 70.8 Å². The van der Waals surface area contributed by atoms with E-state index < -0.39 is 5.97 Å². The first-order valence-corrected chi connectivity index (χ1v) is 6.23. The summed E-state index contributed by atoms with van der Waals surface area (Å²) in [5.74, 6) is -0.617. The van der Waals surface area contributed by atoms with Crippen molar-refractivity contribution in [3.05, 3.63) is 23.7 Å². The van der Waals surface area contributed by atoms with Gasteiger partial charge >= 0.3 is 5.97 Å². The van der Waals surface area contributed by atoms with E-state index in [2.05, 4.69) is 0 Å². The number of amides is 1. The number of furan rings is 1. The van der Waals surface area contributed by atoms with E-state index in [-0.39, 0.29) is 17.2 Å². The summed E-state index contributed by atoms with van der Waals surface area (Å²) < 4.78 is 5.03. The van der Waals surface area contributed by atoms with Crippen molar-refractivity contribution in [3.63, 3.8) is 0 Å². The fourth-order valence-electron chi connectivity index (χ4n) is 2.06. The highest BCUT2D eigenvalue weighted by Gasteiger charge is 2.25. The Kier molecular flexibility index (Phi) is 3.69. The lowest BCUT2D eigenvalue weighted by Gasteiger charge is -2.31. The van der Waals surface area contributed by atoms with Gasteiger partial charge in [-0.25, -0.2) is 4.79 Å². The summed E-state index contributed by atoms with van der Waals surface area (Å²) in [5.41, 5.74) is 0.0121. The summed E-state index contributed by atoms with van der Waals surface area (Å²) in [6.07, 6.45) is 4.68. The van der Waals surface area contributed by atoms with Crippen LogP contribution in [0.3, 0.4) is 0 Å². The molecule has 18 heavy (non-hydrogen) atoms. The predicted molar refractivity (Wildman–Crippen MR) is 64.6 cm³/mol. The van der Waals surface area contributed by atoms with Crippen LogP contribution in [0.25, 0.3) is 0 Å². The van der Waals surface area contributed by atoms with E-state index in [4.69, 9.17) is 9.52 Å². The molecule has 2 rings (SSSR count). The molecule has 0 bridgehead atoms. The zero-order valence-corrected chi connectivity index (χ0v) is 10.4. The predicted octanol–water partition coefficient (Wildman–Crippen LogP) is 2.24. The highest BCUT2D eigenvalue weighted by atomic mass is 16.4. The van der Waals surface area contributed by atoms with Gasteiger partial charge in [0.15, 0.2) is 5.76 Å². The van der Waals surface area contributed by atoms with Crippen LogP contribution in [-0.2, 0) is 0 Å². The zero-order chi connectivity index (χ0) is 13.1. The standard InChI is InChI=1S/C13H17NO4/c1-2-14(7-9-4-3-5-9)12(15)11-6-10(8-18-11)13(16)17/h6,8-9H,2-5,7H2,1H3,(H,16,17). The Balaban J connectivity index is 2.04. The molecular formula is C13H17NO4. The summed E-state index contributed by atoms with van der Waals surface area (Å²) in [4.78, 5) is 24.6. The second kappa shape index (κ2) is 5.25. The van der Waals surface area contributed by atoms with Crippen molar-refractivity contribution in [2.45, 2.75) is 26.2 Å². The molecule has 98 valence electrons. The van der Waals surface area contributed by atoms with E-state index >= 15 is 0 Å². The average Bonchev–Trinajstić information content (AvgIpc) is 2.76. The zero-order valence-electron chi connectivity index (χ0n) is 10.4. The number of carbonyl (C=O) groups excluding carboxylic acids is 1. The molecule has 0 unspecified atom stereocenters. The smallest absolute Gasteiger partial charge is 0.338 e. The molecule has 1 amide bonds. The highest BCUT2D eigenvalue weighted by molar-refractivity contribution is 5.95. The van der Waals surface area contributed by atoms with Crippen LogP contribution in [0.2, 0.25) is 0 Å². The van der Waals surface area contributed by atoms with E-state index in [0.717, 1.165) is 12.8 Å². The fraction of sp³-hybridized carbons (Fsp3) is 0.538. The molecule has 1 aromatic heterocycles. The molecule has 0 aliphatic heterocycles. The van der Waals surface area contributed by atoms with E-state index in [1.807, 2.05) is 6.92 Å². The Morgan fingerprint density at radius 3 is 2.67 bits per heavy atom. The number of carboxylic acids is 1. The lowest BCUT2D eigenvalue weighted by molar-refractivity contribution is 0.0672. The molecule has 1 aromatic rings. The van der Waals surface area contributed by atoms with Gasteiger partial charge in [0, 0.05) is 19.2 Å². The van der Waals surface area contributed by atoms with Crippen LogP contribution < -0.4 is 0 Å². The second-order valence-corrected chi connectivity index (χ2v) is 4.65. The molecule has 1 saturated carbocycles. The highest BCUT2D eigenvalue weighted by Crippen LogP contribution is 2.27. The van der Waals surface area contributed by atoms with E-state index in [1.165, 1.54) is 25.3 Å². The molecule has 0 spiro atoms. The molecule has 5 nitrogen and oxygen atoms in total. The number of nitrogens with zero attached hydrogens (tertiary/aromatic N) is 1. The number of hydrogen-bond acceptors (Lipinski definition) is 3. The monoisotopic (exact) mass is 251 g/mol. The molecule has 0 aromatic carbocycles. The Hall–Kier alpha value is -1.78. The molecule has 1 fully saturated rings. The van der Waals surface area contributed by atoms with Crippen LogP contribution in [0.5, 0.6) is 0 Å². The molecule has 1 aliphatic carbocycles. The first-order valence-electron chi connectivity index (χ1n) is 6.23. The van der Waals surface area contributed by atoms with E-state index in [1.54, 1.807) is 4.90 Å². The van der Waals surface area contributed by atoms with Gasteiger partial charge in [0.2, 0.25) is 0 Å². The van der Waals surface area contributed by atoms with Crippen molar-refractivity contribution in [1.82, 2.24) is 4.90 Å². The van der Waals surface area contributed by atoms with Crippen molar-refractivity contribution in [3.8, 4) is 0 Å². The van der Waals surface area contributed by atoms with Crippen molar-refractivity contribution in [2.75, 3.05) is 13.1 Å². The van der Waals surface area contributed by atoms with Gasteiger partial charge in [0.25, 0.3) is 5.91 Å². The Morgan fingerprint density at radius 2 is 2.22 bits per heavy atom. The van der Waals surface area contributed by atoms with Gasteiger partial charge in [-0.2, -0.15) is 0 Å². The van der Waals surface area contributed by atoms with Gasteiger partial charge in [-0.1, -0.05) is 6.42 Å². The molecular weight excluding hydrogens is 234 g/mol. The lowest BCUT2D eigenvalue weighted by atomic mass is 9.85. The second-order valence-electron chi connectivity index (χ2n) is 4.65. The van der Waals surface area contributed by atoms with Crippen LogP contribution in [0.1, 0.15) is 47.1 Å². The molecule has 0 atom stereocenters. The maximum atomic E-state index is 12.1. The Bertz CT molecular complexity index is 448. The Morgan fingerprint density at radius 1 is 1.50 bits per heavy atom. The van der Waals surface area contributed by atoms with Crippen molar-refractivity contribution < 1.29 is 19.1 Å². The summed E-state index contributed by atoms with van der Waals surface area (Å²) in [6.45, 7) is 3.26. The normalized spacial score (nSPS) is 15.2. The lowest BCUT2D eigenvalue weighted by Crippen LogP contribution is -2.37. The minimum absolute atomic E-state index is 0.0121. The number of hydrogen-bond donors (Lipinski definition) is 1. The van der Waals surface area contributed by atoms with Crippen LogP contribution in [0, 0.1) is 5.92 Å². The summed E-state index contributed by atoms with van der Waals surface area (Å²) in [6, 6.07) is 1.29. The minimum Gasteiger partial charge on any atom is -0.478 e. The van der Waals surface area contributed by atoms with Crippen molar-refractivity contribution in [1.29, 1.82) is 0 Å². The van der Waals surface area contributed by atoms with Gasteiger partial charge in [-0.15, -0.1) is 0 Å². The van der Waals surface area contributed by atoms with E-state index in [0.29, 0.717) is 12.5 Å². The first-order chi connectivity index (χ1) is 8.61. The fourth-order valence-corrected chi connectivity index (χ4v) is 2.06. The average molecular weight is 251 g/mol. The first kappa shape index (κ1) is 12.7. The third-order valence-electron chi connectivity index (χ3n) is 3.43. The Labute approximate surface area is 105 Å². The molecule has 1 N–H and O–H groups in total. The molecule has 1 aliphatic rings. The van der Waals surface area contributed by atoms with Crippen LogP contribution in [-0.4, -0.2) is 35.0 Å². The van der Waals surface area contributed by atoms with Crippen LogP contribution in [0.4, 0.5) is 0 Å². The maximum absolute atomic E-state index is 12.1. The number of carboxylic acid groups (broad SMARTS) is 1. The van der Waals surface area contributed by atoms with Gasteiger partial charge in [-0.05, 0) is 25.7 Å². The van der Waals surface area contributed by atoms with Crippen molar-refractivity contribution in [2.24, 2.45) is 5.92 Å². The summed E-state index contributed by atoms with van der Waals surface area (Å²) in [7, 11) is 0. The van der Waals surface area contributed by atoms with Gasteiger partial charge in [-0.3, -0.25) is 4.79 Å². The largest absolute Gasteiger partial charge is 0.478 e. The van der Waals surface area contributed by atoms with Crippen LogP contribution >= 0.6 is 0 Å². The summed E-state index contributed by atoms with van der Waals surface area (Å²) in [5, 5.41) is 8.78. The quantitative estimate of drug-likeness (QED) is 0.871. The molecule has 0 radical (unpaired) electrons. The molecule has 5 heteroatoms. The number of carbonyl (C=O) groups is 2. The molecule has 1 heterocycles. The SMILES string of the molecule is CCN(CC1CCC1)C(=O)c1cc(C(=O)O)co1. The third kappa shape index (κ3) is 2.55. The summed E-state index contributed by atoms with van der Waals surface area (Å²) >= 11 is 0. The van der Waals surface area contributed by atoms with Gasteiger partial charge in [0.1, 0.15) is 6.26 Å². The van der Waals surface area contributed by atoms with E-state index in [9.17, 15) is 9.59 Å². The molecule has 0 saturated heterocycles. The van der Waals surface area contributed by atoms with Crippen molar-refractivity contribution >= 4 is 11.9 Å². The minimum atomic E-state index is -1.08. The number of aromatic carboxylic acids is 1. The maximum Gasteiger partial charge on any atom is 0.338 e. The van der Waals surface area contributed by atoms with Gasteiger partial charge < -0.3 is 14.4 Å². The van der Waals surface area contributed by atoms with Gasteiger partial charge in [0.05, 0.1) is 5.56 Å². The number of rotatable bonds is 5. The third-order valence-corrected chi connectivity index (χ3v) is 3.43. The van der Waals surface area contributed by atoms with Crippen LogP contribution in [0.15, 0.2) is 16.7 Å².